The van der Waals surface area contributed by atoms with Crippen molar-refractivity contribution in [2.24, 2.45) is 0 Å². The van der Waals surface area contributed by atoms with Gasteiger partial charge in [-0.1, -0.05) is 0 Å². The Morgan fingerprint density at radius 3 is 3.00 bits per heavy atom. The van der Waals surface area contributed by atoms with Crippen molar-refractivity contribution in [3.63, 3.8) is 0 Å². The number of nitrogens with zero attached hydrogens (tertiary/aromatic N) is 1. The number of carbonyl (C=O) groups is 1. The lowest BCUT2D eigenvalue weighted by Crippen LogP contribution is -2.39. The van der Waals surface area contributed by atoms with Crippen LogP contribution in [0, 0.1) is 6.92 Å². The normalized spacial score (nSPS) is 15.8. The molecule has 0 atom stereocenters. The number of amides is 1. The molecule has 0 saturated heterocycles. The maximum Gasteiger partial charge on any atom is 0.253 e. The van der Waals surface area contributed by atoms with E-state index in [1.54, 1.807) is 6.20 Å². The summed E-state index contributed by atoms with van der Waals surface area (Å²) in [4.78, 5) is 12.2. The molecule has 1 aliphatic rings. The Bertz CT molecular complexity index is 569. The van der Waals surface area contributed by atoms with Crippen molar-refractivity contribution in [2.75, 3.05) is 0 Å². The van der Waals surface area contributed by atoms with Crippen LogP contribution in [0.5, 0.6) is 0 Å². The van der Waals surface area contributed by atoms with E-state index in [-0.39, 0.29) is 5.91 Å². The number of rotatable bonds is 2. The predicted molar refractivity (Wildman–Crippen MR) is 65.9 cm³/mol. The van der Waals surface area contributed by atoms with E-state index in [0.717, 1.165) is 29.3 Å². The van der Waals surface area contributed by atoms with Crippen LogP contribution in [-0.2, 0) is 0 Å². The van der Waals surface area contributed by atoms with Gasteiger partial charge in [0.2, 0.25) is 0 Å². The van der Waals surface area contributed by atoms with Crippen LogP contribution in [0.4, 0.5) is 0 Å². The maximum absolute atomic E-state index is 12.2. The summed E-state index contributed by atoms with van der Waals surface area (Å²) in [5.41, 5.74) is 2.61. The third-order valence-electron chi connectivity index (χ3n) is 3.38. The number of fused-ring (bicyclic) bond motifs is 1. The molecule has 1 heterocycles. The zero-order valence-electron chi connectivity index (χ0n) is 9.79. The van der Waals surface area contributed by atoms with E-state index in [0.29, 0.717) is 11.6 Å². The van der Waals surface area contributed by atoms with Gasteiger partial charge in [0.1, 0.15) is 0 Å². The van der Waals surface area contributed by atoms with Gasteiger partial charge in [0.05, 0.1) is 17.3 Å². The van der Waals surface area contributed by atoms with Crippen LogP contribution < -0.4 is 5.32 Å². The van der Waals surface area contributed by atoms with Gasteiger partial charge in [-0.15, -0.1) is 0 Å². The van der Waals surface area contributed by atoms with Gasteiger partial charge in [-0.3, -0.25) is 9.89 Å². The largest absolute Gasteiger partial charge is 0.349 e. The van der Waals surface area contributed by atoms with Crippen molar-refractivity contribution < 1.29 is 4.79 Å². The molecule has 88 valence electrons. The number of aromatic nitrogens is 2. The molecule has 1 amide bonds. The van der Waals surface area contributed by atoms with Crippen molar-refractivity contribution >= 4 is 16.8 Å². The molecule has 0 bridgehead atoms. The first-order chi connectivity index (χ1) is 8.24. The van der Waals surface area contributed by atoms with Crippen LogP contribution in [0.25, 0.3) is 10.9 Å². The average Bonchev–Trinajstić information content (AvgIpc) is 2.69. The quantitative estimate of drug-likeness (QED) is 0.829. The van der Waals surface area contributed by atoms with Crippen LogP contribution >= 0.6 is 0 Å². The van der Waals surface area contributed by atoms with Gasteiger partial charge in [0, 0.05) is 11.4 Å². The first-order valence-corrected chi connectivity index (χ1v) is 5.98. The minimum absolute atomic E-state index is 0.00708. The van der Waals surface area contributed by atoms with E-state index in [2.05, 4.69) is 15.5 Å². The summed E-state index contributed by atoms with van der Waals surface area (Å²) in [5, 5.41) is 10.9. The Morgan fingerprint density at radius 2 is 2.29 bits per heavy atom. The fraction of sp³-hybridized carbons (Fsp3) is 0.385. The lowest BCUT2D eigenvalue weighted by molar-refractivity contribution is 0.0918. The standard InChI is InChI=1S/C13H15N3O/c1-8-5-9-7-14-16-12(9)11(6-8)13(17)15-10-3-2-4-10/h5-7,10H,2-4H2,1H3,(H,14,16)(H,15,17). The molecule has 17 heavy (non-hydrogen) atoms. The molecule has 0 radical (unpaired) electrons. The number of benzene rings is 1. The second-order valence-electron chi connectivity index (χ2n) is 4.75. The van der Waals surface area contributed by atoms with Crippen molar-refractivity contribution in [2.45, 2.75) is 32.2 Å². The maximum atomic E-state index is 12.2. The minimum Gasteiger partial charge on any atom is -0.349 e. The Hall–Kier alpha value is -1.84. The topological polar surface area (TPSA) is 57.8 Å². The highest BCUT2D eigenvalue weighted by Crippen LogP contribution is 2.21. The van der Waals surface area contributed by atoms with Gasteiger partial charge in [0.15, 0.2) is 0 Å². The number of hydrogen-bond acceptors (Lipinski definition) is 2. The molecule has 1 aromatic carbocycles. The molecular formula is C13H15N3O. The van der Waals surface area contributed by atoms with Crippen LogP contribution in [-0.4, -0.2) is 22.1 Å². The van der Waals surface area contributed by atoms with Crippen LogP contribution in [0.1, 0.15) is 35.2 Å². The summed E-state index contributed by atoms with van der Waals surface area (Å²) in [6.07, 6.45) is 5.17. The molecule has 4 heteroatoms. The number of carbonyl (C=O) groups excluding carboxylic acids is 1. The van der Waals surface area contributed by atoms with Gasteiger partial charge in [-0.25, -0.2) is 0 Å². The Morgan fingerprint density at radius 1 is 1.47 bits per heavy atom. The predicted octanol–water partition coefficient (Wildman–Crippen LogP) is 2.15. The number of aromatic amines is 1. The molecule has 2 N–H and O–H groups in total. The SMILES string of the molecule is Cc1cc(C(=O)NC2CCC2)c2[nH]ncc2c1. The van der Waals surface area contributed by atoms with Gasteiger partial charge in [-0.2, -0.15) is 5.10 Å². The smallest absolute Gasteiger partial charge is 0.253 e. The van der Waals surface area contributed by atoms with Crippen molar-refractivity contribution in [1.82, 2.24) is 15.5 Å². The zero-order chi connectivity index (χ0) is 11.8. The number of hydrogen-bond donors (Lipinski definition) is 2. The van der Waals surface area contributed by atoms with Gasteiger partial charge >= 0.3 is 0 Å². The molecule has 1 aliphatic carbocycles. The highest BCUT2D eigenvalue weighted by Gasteiger charge is 2.21. The molecular weight excluding hydrogens is 214 g/mol. The molecule has 1 fully saturated rings. The lowest BCUT2D eigenvalue weighted by Gasteiger charge is -2.26. The fourth-order valence-corrected chi connectivity index (χ4v) is 2.20. The molecule has 1 aromatic heterocycles. The van der Waals surface area contributed by atoms with Gasteiger partial charge < -0.3 is 5.32 Å². The molecule has 4 nitrogen and oxygen atoms in total. The summed E-state index contributed by atoms with van der Waals surface area (Å²) >= 11 is 0. The summed E-state index contributed by atoms with van der Waals surface area (Å²) < 4.78 is 0. The first-order valence-electron chi connectivity index (χ1n) is 5.98. The monoisotopic (exact) mass is 229 g/mol. The average molecular weight is 229 g/mol. The highest BCUT2D eigenvalue weighted by molar-refractivity contribution is 6.05. The first kappa shape index (κ1) is 10.3. The fourth-order valence-electron chi connectivity index (χ4n) is 2.20. The minimum atomic E-state index is 0.00708. The van der Waals surface area contributed by atoms with Gasteiger partial charge in [-0.05, 0) is 43.9 Å². The van der Waals surface area contributed by atoms with E-state index in [1.807, 2.05) is 19.1 Å². The second kappa shape index (κ2) is 3.87. The molecule has 0 spiro atoms. The molecule has 3 rings (SSSR count). The van der Waals surface area contributed by atoms with E-state index in [4.69, 9.17) is 0 Å². The lowest BCUT2D eigenvalue weighted by atomic mass is 9.93. The second-order valence-corrected chi connectivity index (χ2v) is 4.75. The number of nitrogens with one attached hydrogen (secondary N) is 2. The van der Waals surface area contributed by atoms with E-state index in [1.165, 1.54) is 6.42 Å². The Labute approximate surface area is 99.4 Å². The van der Waals surface area contributed by atoms with Crippen molar-refractivity contribution in [3.05, 3.63) is 29.5 Å². The third-order valence-corrected chi connectivity index (χ3v) is 3.38. The summed E-state index contributed by atoms with van der Waals surface area (Å²) in [6.45, 7) is 1.99. The molecule has 0 unspecified atom stereocenters. The van der Waals surface area contributed by atoms with Crippen LogP contribution in [0.3, 0.4) is 0 Å². The summed E-state index contributed by atoms with van der Waals surface area (Å²) in [7, 11) is 0. The number of H-pyrrole nitrogens is 1. The van der Waals surface area contributed by atoms with Crippen molar-refractivity contribution in [3.8, 4) is 0 Å². The highest BCUT2D eigenvalue weighted by atomic mass is 16.1. The number of aryl methyl sites for hydroxylation is 1. The van der Waals surface area contributed by atoms with Gasteiger partial charge in [0.25, 0.3) is 5.91 Å². The molecule has 2 aromatic rings. The molecule has 1 saturated carbocycles. The van der Waals surface area contributed by atoms with Crippen molar-refractivity contribution in [1.29, 1.82) is 0 Å². The zero-order valence-corrected chi connectivity index (χ0v) is 9.79. The van der Waals surface area contributed by atoms with E-state index in [9.17, 15) is 4.79 Å². The molecule has 0 aliphatic heterocycles. The van der Waals surface area contributed by atoms with E-state index < -0.39 is 0 Å². The van der Waals surface area contributed by atoms with Crippen LogP contribution in [0.2, 0.25) is 0 Å². The Kier molecular flexibility index (Phi) is 2.35. The van der Waals surface area contributed by atoms with Crippen LogP contribution in [0.15, 0.2) is 18.3 Å². The Balaban J connectivity index is 1.97. The summed E-state index contributed by atoms with van der Waals surface area (Å²) in [5.74, 6) is 0.00708. The third kappa shape index (κ3) is 1.79. The summed E-state index contributed by atoms with van der Waals surface area (Å²) in [6, 6.07) is 4.30. The van der Waals surface area contributed by atoms with E-state index >= 15 is 0 Å².